The molecule has 4 rings (SSSR count). The predicted molar refractivity (Wildman–Crippen MR) is 113 cm³/mol. The maximum absolute atomic E-state index is 12.9. The minimum Gasteiger partial charge on any atom is -0.349 e. The molecule has 154 valence electrons. The summed E-state index contributed by atoms with van der Waals surface area (Å²) >= 11 is 0. The summed E-state index contributed by atoms with van der Waals surface area (Å²) in [5.41, 5.74) is 0.759. The Morgan fingerprint density at radius 2 is 1.62 bits per heavy atom. The Hall–Kier alpha value is -2.47. The predicted octanol–water partition coefficient (Wildman–Crippen LogP) is 3.15. The van der Waals surface area contributed by atoms with Crippen molar-refractivity contribution in [3.05, 3.63) is 58.5 Å². The summed E-state index contributed by atoms with van der Waals surface area (Å²) in [5, 5.41) is 7.47. The lowest BCUT2D eigenvalue weighted by molar-refractivity contribution is 0.0326. The number of piperidine rings is 1. The second-order valence-corrected chi connectivity index (χ2v) is 8.32. The lowest BCUT2D eigenvalue weighted by atomic mass is 9.79. The van der Waals surface area contributed by atoms with Gasteiger partial charge in [0.1, 0.15) is 5.69 Å². The first-order chi connectivity index (χ1) is 14.2. The molecule has 2 heterocycles. The fourth-order valence-corrected chi connectivity index (χ4v) is 4.80. The van der Waals surface area contributed by atoms with Gasteiger partial charge in [-0.15, -0.1) is 0 Å². The molecule has 2 fully saturated rings. The summed E-state index contributed by atoms with van der Waals surface area (Å²) in [5.74, 6) is -0.211. The number of amides is 1. The zero-order valence-electron chi connectivity index (χ0n) is 17.0. The van der Waals surface area contributed by atoms with Crippen molar-refractivity contribution < 1.29 is 4.79 Å². The van der Waals surface area contributed by atoms with Crippen LogP contribution < -0.4 is 10.9 Å². The number of rotatable bonds is 5. The molecule has 0 unspecified atom stereocenters. The monoisotopic (exact) mass is 394 g/mol. The summed E-state index contributed by atoms with van der Waals surface area (Å²) in [4.78, 5) is 27.7. The molecule has 0 spiro atoms. The Morgan fingerprint density at radius 3 is 2.34 bits per heavy atom. The van der Waals surface area contributed by atoms with Crippen molar-refractivity contribution in [2.75, 3.05) is 19.6 Å². The van der Waals surface area contributed by atoms with Crippen LogP contribution in [0, 0.1) is 0 Å². The molecule has 1 aromatic heterocycles. The first kappa shape index (κ1) is 19.8. The van der Waals surface area contributed by atoms with E-state index >= 15 is 0 Å². The molecule has 1 amide bonds. The van der Waals surface area contributed by atoms with E-state index in [0.29, 0.717) is 12.2 Å². The Morgan fingerprint density at radius 1 is 0.931 bits per heavy atom. The Kier molecular flexibility index (Phi) is 6.09. The Balaban J connectivity index is 1.50. The van der Waals surface area contributed by atoms with Crippen molar-refractivity contribution >= 4 is 5.91 Å². The number of likely N-dealkylation sites (tertiary alicyclic amines) is 1. The number of para-hydroxylation sites is 1. The fourth-order valence-electron chi connectivity index (χ4n) is 4.80. The van der Waals surface area contributed by atoms with Crippen LogP contribution in [-0.2, 0) is 0 Å². The van der Waals surface area contributed by atoms with Gasteiger partial charge >= 0.3 is 0 Å². The highest BCUT2D eigenvalue weighted by Gasteiger charge is 2.38. The van der Waals surface area contributed by atoms with Crippen LogP contribution in [0.3, 0.4) is 0 Å². The van der Waals surface area contributed by atoms with Crippen LogP contribution in [-0.4, -0.2) is 45.8 Å². The van der Waals surface area contributed by atoms with E-state index in [1.54, 1.807) is 0 Å². The van der Waals surface area contributed by atoms with Crippen molar-refractivity contribution in [3.8, 4) is 5.69 Å². The van der Waals surface area contributed by atoms with Crippen molar-refractivity contribution in [1.29, 1.82) is 0 Å². The molecule has 1 saturated heterocycles. The van der Waals surface area contributed by atoms with Gasteiger partial charge in [-0.1, -0.05) is 43.9 Å². The number of hydrogen-bond donors (Lipinski definition) is 1. The highest BCUT2D eigenvalue weighted by Crippen LogP contribution is 2.35. The standard InChI is InChI=1S/C23H30N4O2/c28-21-13-12-20(25-27(21)19-10-4-1-5-11-19)22(29)24-18-23(14-6-2-7-15-23)26-16-8-3-9-17-26/h1,4-5,10-13H,2-3,6-9,14-18H2,(H,24,29). The average molecular weight is 395 g/mol. The van der Waals surface area contributed by atoms with E-state index < -0.39 is 0 Å². The van der Waals surface area contributed by atoms with Gasteiger partial charge in [0.05, 0.1) is 5.69 Å². The molecule has 2 aliphatic rings. The third-order valence-electron chi connectivity index (χ3n) is 6.42. The van der Waals surface area contributed by atoms with E-state index in [0.717, 1.165) is 25.9 Å². The maximum atomic E-state index is 12.9. The Labute approximate surface area is 171 Å². The van der Waals surface area contributed by atoms with Crippen LogP contribution in [0.4, 0.5) is 0 Å². The number of hydrogen-bond acceptors (Lipinski definition) is 4. The number of carbonyl (C=O) groups excluding carboxylic acids is 1. The van der Waals surface area contributed by atoms with E-state index in [1.165, 1.54) is 55.3 Å². The molecule has 1 N–H and O–H groups in total. The quantitative estimate of drug-likeness (QED) is 0.846. The third-order valence-corrected chi connectivity index (χ3v) is 6.42. The topological polar surface area (TPSA) is 67.2 Å². The van der Waals surface area contributed by atoms with Gasteiger partial charge in [-0.3, -0.25) is 14.5 Å². The van der Waals surface area contributed by atoms with Gasteiger partial charge in [0.15, 0.2) is 0 Å². The van der Waals surface area contributed by atoms with E-state index in [9.17, 15) is 9.59 Å². The molecule has 29 heavy (non-hydrogen) atoms. The summed E-state index contributed by atoms with van der Waals surface area (Å²) in [6.45, 7) is 2.91. The average Bonchev–Trinajstić information content (AvgIpc) is 2.79. The number of nitrogens with one attached hydrogen (secondary N) is 1. The lowest BCUT2D eigenvalue weighted by Gasteiger charge is -2.48. The van der Waals surface area contributed by atoms with Crippen LogP contribution >= 0.6 is 0 Å². The van der Waals surface area contributed by atoms with Gasteiger partial charge in [-0.25, -0.2) is 0 Å². The third kappa shape index (κ3) is 4.42. The van der Waals surface area contributed by atoms with E-state index in [-0.39, 0.29) is 22.7 Å². The van der Waals surface area contributed by atoms with Gasteiger partial charge in [-0.2, -0.15) is 9.78 Å². The number of carbonyl (C=O) groups is 1. The second kappa shape index (κ2) is 8.91. The van der Waals surface area contributed by atoms with Crippen LogP contribution in [0.25, 0.3) is 5.69 Å². The molecule has 0 atom stereocenters. The fraction of sp³-hybridized carbons (Fsp3) is 0.522. The van der Waals surface area contributed by atoms with Crippen LogP contribution in [0.1, 0.15) is 61.9 Å². The molecule has 1 aliphatic heterocycles. The van der Waals surface area contributed by atoms with E-state index in [1.807, 2.05) is 30.3 Å². The minimum atomic E-state index is -0.246. The molecule has 6 heteroatoms. The van der Waals surface area contributed by atoms with Crippen LogP contribution in [0.5, 0.6) is 0 Å². The summed E-state index contributed by atoms with van der Waals surface area (Å²) < 4.78 is 1.29. The highest BCUT2D eigenvalue weighted by atomic mass is 16.2. The molecule has 1 saturated carbocycles. The normalized spacial score (nSPS) is 19.6. The molecule has 6 nitrogen and oxygen atoms in total. The molecule has 0 radical (unpaired) electrons. The van der Waals surface area contributed by atoms with Crippen molar-refractivity contribution in [1.82, 2.24) is 20.0 Å². The number of nitrogens with zero attached hydrogens (tertiary/aromatic N) is 3. The summed E-state index contributed by atoms with van der Waals surface area (Å²) in [6.07, 6.45) is 9.83. The maximum Gasteiger partial charge on any atom is 0.271 e. The van der Waals surface area contributed by atoms with Gasteiger partial charge in [0.2, 0.25) is 0 Å². The minimum absolute atomic E-state index is 0.0716. The molecule has 2 aromatic rings. The zero-order chi connectivity index (χ0) is 20.1. The van der Waals surface area contributed by atoms with Crippen LogP contribution in [0.2, 0.25) is 0 Å². The first-order valence-corrected chi connectivity index (χ1v) is 10.9. The zero-order valence-corrected chi connectivity index (χ0v) is 17.0. The van der Waals surface area contributed by atoms with Gasteiger partial charge in [0.25, 0.3) is 11.5 Å². The number of aromatic nitrogens is 2. The largest absolute Gasteiger partial charge is 0.349 e. The number of benzene rings is 1. The SMILES string of the molecule is O=C(NCC1(N2CCCCC2)CCCCC1)c1ccc(=O)n(-c2ccccc2)n1. The van der Waals surface area contributed by atoms with Crippen LogP contribution in [0.15, 0.2) is 47.3 Å². The van der Waals surface area contributed by atoms with Gasteiger partial charge in [0, 0.05) is 18.2 Å². The van der Waals surface area contributed by atoms with Crippen molar-refractivity contribution in [2.45, 2.75) is 56.9 Å². The van der Waals surface area contributed by atoms with Crippen molar-refractivity contribution in [3.63, 3.8) is 0 Å². The second-order valence-electron chi connectivity index (χ2n) is 8.32. The Bertz CT molecular complexity index is 881. The first-order valence-electron chi connectivity index (χ1n) is 10.9. The van der Waals surface area contributed by atoms with E-state index in [2.05, 4.69) is 15.3 Å². The molecule has 1 aliphatic carbocycles. The summed E-state index contributed by atoms with van der Waals surface area (Å²) in [6, 6.07) is 12.1. The lowest BCUT2D eigenvalue weighted by Crippen LogP contribution is -2.58. The molecular weight excluding hydrogens is 364 g/mol. The molecule has 1 aromatic carbocycles. The highest BCUT2D eigenvalue weighted by molar-refractivity contribution is 5.92. The smallest absolute Gasteiger partial charge is 0.271 e. The van der Waals surface area contributed by atoms with Crippen molar-refractivity contribution in [2.24, 2.45) is 0 Å². The van der Waals surface area contributed by atoms with Gasteiger partial charge in [-0.05, 0) is 57.0 Å². The van der Waals surface area contributed by atoms with E-state index in [4.69, 9.17) is 0 Å². The molecular formula is C23H30N4O2. The summed E-state index contributed by atoms with van der Waals surface area (Å²) in [7, 11) is 0. The molecule has 0 bridgehead atoms. The van der Waals surface area contributed by atoms with Gasteiger partial charge < -0.3 is 5.32 Å².